The first kappa shape index (κ1) is 12.1. The van der Waals surface area contributed by atoms with Crippen LogP contribution in [-0.4, -0.2) is 22.9 Å². The minimum Gasteiger partial charge on any atom is -0.395 e. The lowest BCUT2D eigenvalue weighted by atomic mass is 10.0. The van der Waals surface area contributed by atoms with E-state index in [2.05, 4.69) is 31.9 Å². The summed E-state index contributed by atoms with van der Waals surface area (Å²) in [6.07, 6.45) is -0.843. The Labute approximate surface area is 99.2 Å². The van der Waals surface area contributed by atoms with Crippen LogP contribution in [0.15, 0.2) is 27.1 Å². The van der Waals surface area contributed by atoms with E-state index in [4.69, 9.17) is 10.8 Å². The van der Waals surface area contributed by atoms with E-state index in [1.54, 1.807) is 12.1 Å². The molecule has 0 amide bonds. The van der Waals surface area contributed by atoms with E-state index in [0.29, 0.717) is 5.56 Å². The molecular formula is C9H11Br2NO2. The van der Waals surface area contributed by atoms with Crippen molar-refractivity contribution in [3.8, 4) is 0 Å². The van der Waals surface area contributed by atoms with E-state index in [1.807, 2.05) is 6.07 Å². The number of aliphatic hydroxyl groups excluding tert-OH is 2. The van der Waals surface area contributed by atoms with Crippen LogP contribution in [0.25, 0.3) is 0 Å². The maximum absolute atomic E-state index is 9.68. The smallest absolute Gasteiger partial charge is 0.0963 e. The van der Waals surface area contributed by atoms with Crippen LogP contribution in [0.3, 0.4) is 0 Å². The first-order valence-electron chi connectivity index (χ1n) is 4.05. The number of aliphatic hydroxyl groups is 2. The van der Waals surface area contributed by atoms with Crippen molar-refractivity contribution < 1.29 is 10.2 Å². The number of benzene rings is 1. The number of halogens is 2. The molecule has 0 bridgehead atoms. The zero-order valence-corrected chi connectivity index (χ0v) is 10.5. The number of hydrogen-bond donors (Lipinski definition) is 3. The fourth-order valence-corrected chi connectivity index (χ4v) is 1.69. The molecule has 0 aliphatic heterocycles. The molecule has 2 atom stereocenters. The van der Waals surface area contributed by atoms with Crippen molar-refractivity contribution in [2.24, 2.45) is 5.73 Å². The first-order chi connectivity index (χ1) is 6.56. The number of hydrogen-bond acceptors (Lipinski definition) is 3. The number of rotatable bonds is 3. The molecule has 4 N–H and O–H groups in total. The van der Waals surface area contributed by atoms with Gasteiger partial charge in [0.15, 0.2) is 0 Å². The maximum atomic E-state index is 9.68. The lowest BCUT2D eigenvalue weighted by molar-refractivity contribution is 0.109. The van der Waals surface area contributed by atoms with Crippen LogP contribution in [-0.2, 0) is 0 Å². The van der Waals surface area contributed by atoms with Gasteiger partial charge in [0.05, 0.1) is 18.8 Å². The fourth-order valence-electron chi connectivity index (χ4n) is 1.04. The second-order valence-corrected chi connectivity index (χ2v) is 4.67. The molecule has 0 saturated heterocycles. The molecule has 3 nitrogen and oxygen atoms in total. The molecule has 0 spiro atoms. The molecule has 14 heavy (non-hydrogen) atoms. The van der Waals surface area contributed by atoms with Crippen LogP contribution in [0, 0.1) is 0 Å². The molecule has 1 aromatic rings. The summed E-state index contributed by atoms with van der Waals surface area (Å²) < 4.78 is 1.75. The Hall–Kier alpha value is 0.0600. The average molecular weight is 325 g/mol. The van der Waals surface area contributed by atoms with Gasteiger partial charge in [-0.2, -0.15) is 0 Å². The van der Waals surface area contributed by atoms with Gasteiger partial charge in [-0.25, -0.2) is 0 Å². The van der Waals surface area contributed by atoms with E-state index in [1.165, 1.54) is 0 Å². The summed E-state index contributed by atoms with van der Waals surface area (Å²) in [4.78, 5) is 0. The largest absolute Gasteiger partial charge is 0.395 e. The van der Waals surface area contributed by atoms with Gasteiger partial charge in [0.2, 0.25) is 0 Å². The zero-order valence-electron chi connectivity index (χ0n) is 7.32. The highest BCUT2D eigenvalue weighted by molar-refractivity contribution is 9.13. The lowest BCUT2D eigenvalue weighted by Gasteiger charge is -2.17. The van der Waals surface area contributed by atoms with Gasteiger partial charge in [-0.15, -0.1) is 0 Å². The van der Waals surface area contributed by atoms with Crippen molar-refractivity contribution in [3.63, 3.8) is 0 Å². The standard InChI is InChI=1S/C9H11Br2NO2/c10-6-2-1-5(3-7(6)11)9(14)8(12)4-13/h1-3,8-9,13-14H,4,12H2. The predicted octanol–water partition coefficient (Wildman–Crippen LogP) is 1.56. The van der Waals surface area contributed by atoms with Gasteiger partial charge < -0.3 is 15.9 Å². The molecule has 0 heterocycles. The van der Waals surface area contributed by atoms with Crippen molar-refractivity contribution in [2.45, 2.75) is 12.1 Å². The Morgan fingerprint density at radius 3 is 2.43 bits per heavy atom. The SMILES string of the molecule is NC(CO)C(O)c1ccc(Br)c(Br)c1. The number of nitrogens with two attached hydrogens (primary N) is 1. The monoisotopic (exact) mass is 323 g/mol. The van der Waals surface area contributed by atoms with Crippen LogP contribution in [0.5, 0.6) is 0 Å². The van der Waals surface area contributed by atoms with Crippen molar-refractivity contribution in [1.29, 1.82) is 0 Å². The van der Waals surface area contributed by atoms with Gasteiger partial charge in [0.1, 0.15) is 0 Å². The summed E-state index contributed by atoms with van der Waals surface area (Å²) in [7, 11) is 0. The van der Waals surface area contributed by atoms with E-state index in [9.17, 15) is 5.11 Å². The zero-order chi connectivity index (χ0) is 10.7. The summed E-state index contributed by atoms with van der Waals surface area (Å²) in [6.45, 7) is -0.241. The summed E-state index contributed by atoms with van der Waals surface area (Å²) in [6, 6.07) is 4.69. The van der Waals surface area contributed by atoms with Gasteiger partial charge in [0.25, 0.3) is 0 Å². The highest BCUT2D eigenvalue weighted by Gasteiger charge is 2.16. The lowest BCUT2D eigenvalue weighted by Crippen LogP contribution is -2.31. The molecule has 0 aliphatic rings. The summed E-state index contributed by atoms with van der Waals surface area (Å²) in [5, 5.41) is 18.5. The highest BCUT2D eigenvalue weighted by atomic mass is 79.9. The van der Waals surface area contributed by atoms with Crippen molar-refractivity contribution in [2.75, 3.05) is 6.61 Å². The second-order valence-electron chi connectivity index (χ2n) is 2.96. The van der Waals surface area contributed by atoms with Crippen molar-refractivity contribution >= 4 is 31.9 Å². The van der Waals surface area contributed by atoms with Gasteiger partial charge >= 0.3 is 0 Å². The minimum atomic E-state index is -0.843. The predicted molar refractivity (Wildman–Crippen MR) is 61.9 cm³/mol. The van der Waals surface area contributed by atoms with Crippen molar-refractivity contribution in [3.05, 3.63) is 32.7 Å². The molecule has 0 aliphatic carbocycles. The third-order valence-electron chi connectivity index (χ3n) is 1.90. The summed E-state index contributed by atoms with van der Waals surface area (Å²) >= 11 is 6.65. The second kappa shape index (κ2) is 5.23. The van der Waals surface area contributed by atoms with Gasteiger partial charge in [-0.3, -0.25) is 0 Å². The Morgan fingerprint density at radius 2 is 1.93 bits per heavy atom. The normalized spacial score (nSPS) is 15.2. The molecule has 2 unspecified atom stereocenters. The van der Waals surface area contributed by atoms with Crippen LogP contribution < -0.4 is 5.73 Å². The highest BCUT2D eigenvalue weighted by Crippen LogP contribution is 2.27. The third-order valence-corrected chi connectivity index (χ3v) is 3.78. The van der Waals surface area contributed by atoms with Crippen LogP contribution in [0.4, 0.5) is 0 Å². The first-order valence-corrected chi connectivity index (χ1v) is 5.64. The van der Waals surface area contributed by atoms with E-state index in [0.717, 1.165) is 8.95 Å². The van der Waals surface area contributed by atoms with E-state index < -0.39 is 12.1 Å². The van der Waals surface area contributed by atoms with Crippen LogP contribution in [0.2, 0.25) is 0 Å². The molecule has 0 saturated carbocycles. The Balaban J connectivity index is 2.91. The summed E-state index contributed by atoms with van der Waals surface area (Å²) in [5.74, 6) is 0. The quantitative estimate of drug-likeness (QED) is 0.790. The molecule has 78 valence electrons. The minimum absolute atomic E-state index is 0.241. The molecule has 1 rings (SSSR count). The molecule has 0 fully saturated rings. The third kappa shape index (κ3) is 2.77. The fraction of sp³-hybridized carbons (Fsp3) is 0.333. The van der Waals surface area contributed by atoms with E-state index in [-0.39, 0.29) is 6.61 Å². The Morgan fingerprint density at radius 1 is 1.29 bits per heavy atom. The molecular weight excluding hydrogens is 314 g/mol. The Bertz CT molecular complexity index is 320. The summed E-state index contributed by atoms with van der Waals surface area (Å²) in [5.41, 5.74) is 6.19. The van der Waals surface area contributed by atoms with E-state index >= 15 is 0 Å². The van der Waals surface area contributed by atoms with Gasteiger partial charge in [-0.1, -0.05) is 6.07 Å². The Kier molecular flexibility index (Phi) is 4.53. The van der Waals surface area contributed by atoms with Gasteiger partial charge in [0, 0.05) is 8.95 Å². The van der Waals surface area contributed by atoms with Gasteiger partial charge in [-0.05, 0) is 49.6 Å². The van der Waals surface area contributed by atoms with Crippen LogP contribution >= 0.6 is 31.9 Å². The average Bonchev–Trinajstić information content (AvgIpc) is 2.20. The molecule has 0 aromatic heterocycles. The topological polar surface area (TPSA) is 66.5 Å². The molecule has 1 aromatic carbocycles. The van der Waals surface area contributed by atoms with Crippen LogP contribution in [0.1, 0.15) is 11.7 Å². The van der Waals surface area contributed by atoms with Crippen molar-refractivity contribution in [1.82, 2.24) is 0 Å². The maximum Gasteiger partial charge on any atom is 0.0963 e. The molecule has 5 heteroatoms. The molecule has 0 radical (unpaired) electrons.